The number of hydrogen-bond donors (Lipinski definition) is 0. The van der Waals surface area contributed by atoms with Gasteiger partial charge in [-0.1, -0.05) is 60.7 Å². The molecule has 8 rings (SSSR count). The minimum atomic E-state index is -0.0601. The molecule has 0 aliphatic rings. The van der Waals surface area contributed by atoms with Crippen LogP contribution in [0, 0.1) is 6.92 Å². The van der Waals surface area contributed by atoms with E-state index in [0.717, 1.165) is 35.3 Å². The van der Waals surface area contributed by atoms with Crippen molar-refractivity contribution in [3.8, 4) is 5.69 Å². The average Bonchev–Trinajstić information content (AvgIpc) is 3.55. The molecule has 5 nitrogen and oxygen atoms in total. The molecule has 44 heavy (non-hydrogen) atoms. The van der Waals surface area contributed by atoms with Crippen LogP contribution in [0.25, 0.3) is 72.4 Å². The first-order chi connectivity index (χ1) is 21.6. The number of aryl methyl sites for hydroxylation is 3. The number of aromatic nitrogens is 4. The van der Waals surface area contributed by atoms with Crippen LogP contribution < -0.4 is 5.56 Å². The van der Waals surface area contributed by atoms with Gasteiger partial charge in [-0.05, 0) is 86.5 Å². The highest BCUT2D eigenvalue weighted by Gasteiger charge is 2.15. The van der Waals surface area contributed by atoms with Gasteiger partial charge >= 0.3 is 0 Å². The van der Waals surface area contributed by atoms with Crippen LogP contribution >= 0.6 is 0 Å². The molecule has 0 radical (unpaired) electrons. The first-order valence-electron chi connectivity index (χ1n) is 15.3. The van der Waals surface area contributed by atoms with E-state index in [9.17, 15) is 4.79 Å². The fraction of sp³-hybridized carbons (Fsp3) is 0.128. The highest BCUT2D eigenvalue weighted by atomic mass is 16.1. The van der Waals surface area contributed by atoms with Gasteiger partial charge in [0.1, 0.15) is 5.82 Å². The number of hydrogen-bond acceptors (Lipinski definition) is 2. The van der Waals surface area contributed by atoms with Gasteiger partial charge in [0, 0.05) is 56.7 Å². The lowest BCUT2D eigenvalue weighted by Crippen LogP contribution is -2.22. The highest BCUT2D eigenvalue weighted by molar-refractivity contribution is 6.09. The largest absolute Gasteiger partial charge is 0.341 e. The summed E-state index contributed by atoms with van der Waals surface area (Å²) < 4.78 is 6.42. The molecule has 3 aromatic heterocycles. The second kappa shape index (κ2) is 10.1. The molecule has 0 unspecified atom stereocenters. The van der Waals surface area contributed by atoms with Gasteiger partial charge in [-0.25, -0.2) is 4.98 Å². The predicted molar refractivity (Wildman–Crippen MR) is 185 cm³/mol. The van der Waals surface area contributed by atoms with Crippen LogP contribution in [0.3, 0.4) is 0 Å². The summed E-state index contributed by atoms with van der Waals surface area (Å²) in [6.07, 6.45) is 4.20. The highest BCUT2D eigenvalue weighted by Crippen LogP contribution is 2.32. The molecular weight excluding hydrogens is 540 g/mol. The molecule has 0 saturated carbocycles. The van der Waals surface area contributed by atoms with E-state index in [1.807, 2.05) is 31.2 Å². The van der Waals surface area contributed by atoms with E-state index in [1.165, 1.54) is 38.2 Å². The van der Waals surface area contributed by atoms with Crippen molar-refractivity contribution in [3.63, 3.8) is 0 Å². The van der Waals surface area contributed by atoms with Crippen molar-refractivity contribution in [1.29, 1.82) is 0 Å². The van der Waals surface area contributed by atoms with Gasteiger partial charge in [-0.15, -0.1) is 0 Å². The number of nitrogens with zero attached hydrogens (tertiary/aromatic N) is 4. The average molecular weight is 573 g/mol. The van der Waals surface area contributed by atoms with Crippen LogP contribution in [0.15, 0.2) is 108 Å². The Bertz CT molecular complexity index is 2510. The monoisotopic (exact) mass is 572 g/mol. The third-order valence-electron chi connectivity index (χ3n) is 8.97. The van der Waals surface area contributed by atoms with E-state index < -0.39 is 0 Å². The van der Waals surface area contributed by atoms with Gasteiger partial charge in [0.15, 0.2) is 0 Å². The van der Waals surface area contributed by atoms with Gasteiger partial charge in [0.05, 0.1) is 16.6 Å². The molecule has 0 fully saturated rings. The van der Waals surface area contributed by atoms with E-state index in [0.29, 0.717) is 16.7 Å². The van der Waals surface area contributed by atoms with E-state index >= 15 is 0 Å². The Hall–Kier alpha value is -5.42. The van der Waals surface area contributed by atoms with Crippen LogP contribution in [0.2, 0.25) is 0 Å². The molecule has 214 valence electrons. The van der Waals surface area contributed by atoms with E-state index in [-0.39, 0.29) is 5.56 Å². The summed E-state index contributed by atoms with van der Waals surface area (Å²) in [6.45, 7) is 8.06. The number of benzene rings is 5. The maximum atomic E-state index is 14.0. The minimum Gasteiger partial charge on any atom is -0.341 e. The summed E-state index contributed by atoms with van der Waals surface area (Å²) >= 11 is 0. The lowest BCUT2D eigenvalue weighted by Gasteiger charge is -2.12. The molecule has 0 aliphatic heterocycles. The zero-order valence-electron chi connectivity index (χ0n) is 25.1. The molecule has 0 saturated heterocycles. The lowest BCUT2D eigenvalue weighted by atomic mass is 10.1. The van der Waals surface area contributed by atoms with E-state index in [4.69, 9.17) is 4.98 Å². The lowest BCUT2D eigenvalue weighted by molar-refractivity contribution is 0.826. The van der Waals surface area contributed by atoms with Gasteiger partial charge in [0.2, 0.25) is 0 Å². The zero-order chi connectivity index (χ0) is 29.9. The molecule has 8 aromatic rings. The van der Waals surface area contributed by atoms with E-state index in [1.54, 1.807) is 4.57 Å². The summed E-state index contributed by atoms with van der Waals surface area (Å²) in [7, 11) is 0. The molecule has 0 amide bonds. The molecule has 0 atom stereocenters. The smallest absolute Gasteiger partial charge is 0.265 e. The Morgan fingerprint density at radius 1 is 0.591 bits per heavy atom. The van der Waals surface area contributed by atoms with Crippen molar-refractivity contribution in [3.05, 3.63) is 130 Å². The van der Waals surface area contributed by atoms with Crippen molar-refractivity contribution in [2.75, 3.05) is 0 Å². The molecule has 5 aromatic carbocycles. The third-order valence-corrected chi connectivity index (χ3v) is 8.97. The number of para-hydroxylation sites is 2. The molecule has 3 heterocycles. The summed E-state index contributed by atoms with van der Waals surface area (Å²) in [6, 6.07) is 35.9. The molecule has 5 heteroatoms. The van der Waals surface area contributed by atoms with Gasteiger partial charge in [0.25, 0.3) is 5.56 Å². The number of fused-ring (bicyclic) bond motifs is 7. The molecule has 0 bridgehead atoms. The van der Waals surface area contributed by atoms with Crippen LogP contribution in [-0.4, -0.2) is 18.7 Å². The SMILES string of the molecule is CCn1c2ccccc2c2cc(/C=C/c3ccc4nc(C)n(-c5ccc6c(c5)c5ccccc5n6CC)c(=O)c4c3)ccc21. The third kappa shape index (κ3) is 3.93. The maximum Gasteiger partial charge on any atom is 0.265 e. The molecule has 0 aliphatic carbocycles. The summed E-state index contributed by atoms with van der Waals surface area (Å²) in [4.78, 5) is 18.9. The summed E-state index contributed by atoms with van der Waals surface area (Å²) in [5, 5.41) is 5.46. The van der Waals surface area contributed by atoms with Crippen molar-refractivity contribution >= 4 is 66.7 Å². The summed E-state index contributed by atoms with van der Waals surface area (Å²) in [5.41, 5.74) is 8.43. The molecule has 0 N–H and O–H groups in total. The van der Waals surface area contributed by atoms with Gasteiger partial charge in [-0.2, -0.15) is 0 Å². The Kier molecular flexibility index (Phi) is 6.02. The van der Waals surface area contributed by atoms with Crippen LogP contribution in [0.4, 0.5) is 0 Å². The Labute approximate surface area is 254 Å². The predicted octanol–water partition coefficient (Wildman–Crippen LogP) is 9.12. The van der Waals surface area contributed by atoms with Gasteiger partial charge < -0.3 is 9.13 Å². The maximum absolute atomic E-state index is 14.0. The normalized spacial score (nSPS) is 12.2. The Balaban J connectivity index is 1.21. The van der Waals surface area contributed by atoms with Gasteiger partial charge in [-0.3, -0.25) is 9.36 Å². The number of rotatable bonds is 5. The molecular formula is C39H32N4O. The zero-order valence-corrected chi connectivity index (χ0v) is 25.1. The molecule has 0 spiro atoms. The van der Waals surface area contributed by atoms with Crippen LogP contribution in [0.5, 0.6) is 0 Å². The Morgan fingerprint density at radius 2 is 1.11 bits per heavy atom. The summed E-state index contributed by atoms with van der Waals surface area (Å²) in [5.74, 6) is 0.670. The quantitative estimate of drug-likeness (QED) is 0.193. The second-order valence-corrected chi connectivity index (χ2v) is 11.4. The van der Waals surface area contributed by atoms with Crippen molar-refractivity contribution in [2.45, 2.75) is 33.9 Å². The van der Waals surface area contributed by atoms with Crippen molar-refractivity contribution < 1.29 is 0 Å². The van der Waals surface area contributed by atoms with Crippen LogP contribution in [-0.2, 0) is 13.1 Å². The fourth-order valence-electron chi connectivity index (χ4n) is 6.95. The first kappa shape index (κ1) is 26.2. The Morgan fingerprint density at radius 3 is 1.75 bits per heavy atom. The van der Waals surface area contributed by atoms with E-state index in [2.05, 4.69) is 114 Å². The standard InChI is InChI=1S/C39H32N4O/c1-4-41-35-12-8-6-10-29(35)31-22-27(17-20-37(31)41)15-14-26-16-19-34-33(23-26)39(44)43(25(3)40-34)28-18-21-38-32(24-28)30-11-7-9-13-36(30)42(38)5-2/h6-24H,4-5H2,1-3H3/b15-14+. The first-order valence-corrected chi connectivity index (χ1v) is 15.3. The minimum absolute atomic E-state index is 0.0601. The fourth-order valence-corrected chi connectivity index (χ4v) is 6.95. The van der Waals surface area contributed by atoms with Crippen molar-refractivity contribution in [2.24, 2.45) is 0 Å². The van der Waals surface area contributed by atoms with Crippen molar-refractivity contribution in [1.82, 2.24) is 18.7 Å². The second-order valence-electron chi connectivity index (χ2n) is 11.4. The van der Waals surface area contributed by atoms with Crippen LogP contribution in [0.1, 0.15) is 30.8 Å². The topological polar surface area (TPSA) is 44.8 Å².